The highest BCUT2D eigenvalue weighted by molar-refractivity contribution is 8.26. The number of thiocarbonyl (C=S) groups is 1. The van der Waals surface area contributed by atoms with E-state index in [1.165, 1.54) is 17.2 Å². The molecular formula is C17H11ClF3N3O2S3. The van der Waals surface area contributed by atoms with Gasteiger partial charge in [0.25, 0.3) is 5.91 Å². The molecule has 152 valence electrons. The maximum absolute atomic E-state index is 13.0. The number of alkyl halides is 3. The van der Waals surface area contributed by atoms with Gasteiger partial charge in [0.05, 0.1) is 15.5 Å². The molecule has 1 fully saturated rings. The van der Waals surface area contributed by atoms with E-state index in [1.54, 1.807) is 6.08 Å². The topological polar surface area (TPSA) is 76.3 Å². The van der Waals surface area contributed by atoms with Crippen LogP contribution in [0.25, 0.3) is 16.6 Å². The van der Waals surface area contributed by atoms with E-state index in [2.05, 4.69) is 4.98 Å². The predicted molar refractivity (Wildman–Crippen MR) is 111 cm³/mol. The molecule has 0 atom stereocenters. The Morgan fingerprint density at radius 2 is 2.10 bits per heavy atom. The van der Waals surface area contributed by atoms with Crippen LogP contribution in [-0.2, 0) is 15.8 Å². The lowest BCUT2D eigenvalue weighted by Crippen LogP contribution is -2.31. The summed E-state index contributed by atoms with van der Waals surface area (Å²) in [5.74, 6) is -0.915. The number of primary amides is 1. The number of carbonyl (C=O) groups is 2. The van der Waals surface area contributed by atoms with E-state index in [1.807, 2.05) is 0 Å². The molecule has 1 aromatic carbocycles. The molecule has 0 aliphatic carbocycles. The van der Waals surface area contributed by atoms with Gasteiger partial charge in [-0.05, 0) is 24.3 Å². The average molecular weight is 478 g/mol. The maximum atomic E-state index is 13.0. The number of carbonyl (C=O) groups excluding carboxylic acids is 2. The van der Waals surface area contributed by atoms with Crippen LogP contribution in [-0.4, -0.2) is 32.6 Å². The van der Waals surface area contributed by atoms with E-state index >= 15 is 0 Å². The molecule has 29 heavy (non-hydrogen) atoms. The lowest BCUT2D eigenvalue weighted by atomic mass is 10.1. The third-order valence-electron chi connectivity index (χ3n) is 3.78. The summed E-state index contributed by atoms with van der Waals surface area (Å²) in [6.07, 6.45) is -1.53. The molecule has 1 aliphatic heterocycles. The van der Waals surface area contributed by atoms with E-state index in [0.717, 1.165) is 35.2 Å². The van der Waals surface area contributed by atoms with Gasteiger partial charge in [-0.25, -0.2) is 4.98 Å². The number of hydrogen-bond donors (Lipinski definition) is 1. The third kappa shape index (κ3) is 4.97. The number of hydrogen-bond acceptors (Lipinski definition) is 6. The number of amides is 2. The summed E-state index contributed by atoms with van der Waals surface area (Å²) in [5, 5.41) is 0.424. The average Bonchev–Trinajstić information content (AvgIpc) is 3.18. The van der Waals surface area contributed by atoms with Crippen LogP contribution in [0.5, 0.6) is 0 Å². The third-order valence-corrected chi connectivity index (χ3v) is 6.46. The van der Waals surface area contributed by atoms with Crippen LogP contribution in [0, 0.1) is 0 Å². The van der Waals surface area contributed by atoms with Gasteiger partial charge in [-0.3, -0.25) is 14.5 Å². The lowest BCUT2D eigenvalue weighted by molar-refractivity contribution is -0.137. The minimum atomic E-state index is -4.50. The van der Waals surface area contributed by atoms with Gasteiger partial charge in [0, 0.05) is 29.6 Å². The Kier molecular flexibility index (Phi) is 6.32. The number of nitrogens with zero attached hydrogens (tertiary/aromatic N) is 2. The zero-order valence-corrected chi connectivity index (χ0v) is 17.5. The molecule has 1 aliphatic rings. The highest BCUT2D eigenvalue weighted by atomic mass is 35.5. The molecule has 1 aromatic heterocycles. The van der Waals surface area contributed by atoms with Crippen molar-refractivity contribution in [3.8, 4) is 10.6 Å². The maximum Gasteiger partial charge on any atom is 0.416 e. The van der Waals surface area contributed by atoms with Gasteiger partial charge >= 0.3 is 6.18 Å². The molecule has 5 nitrogen and oxygen atoms in total. The summed E-state index contributed by atoms with van der Waals surface area (Å²) in [4.78, 5) is 29.7. The van der Waals surface area contributed by atoms with Crippen LogP contribution in [0.1, 0.15) is 16.9 Å². The summed E-state index contributed by atoms with van der Waals surface area (Å²) in [7, 11) is 0. The van der Waals surface area contributed by atoms with Gasteiger partial charge in [-0.15, -0.1) is 11.3 Å². The second kappa shape index (κ2) is 8.42. The molecular weight excluding hydrogens is 467 g/mol. The molecule has 0 radical (unpaired) electrons. The van der Waals surface area contributed by atoms with Gasteiger partial charge in [-0.2, -0.15) is 13.2 Å². The van der Waals surface area contributed by atoms with Crippen LogP contribution in [0.3, 0.4) is 0 Å². The number of halogens is 4. The molecule has 2 heterocycles. The van der Waals surface area contributed by atoms with Gasteiger partial charge in [0.1, 0.15) is 9.33 Å². The van der Waals surface area contributed by atoms with Crippen LogP contribution in [0.15, 0.2) is 29.3 Å². The Balaban J connectivity index is 1.85. The number of rotatable bonds is 5. The van der Waals surface area contributed by atoms with Gasteiger partial charge in [0.2, 0.25) is 5.91 Å². The van der Waals surface area contributed by atoms with Crippen LogP contribution < -0.4 is 5.73 Å². The first-order chi connectivity index (χ1) is 13.6. The molecule has 2 aromatic rings. The SMILES string of the molecule is NC(=O)CCN1C(=O)C(=Cc2cnc(-c3cc(C(F)(F)F)ccc3Cl)s2)SC1=S. The zero-order valence-electron chi connectivity index (χ0n) is 14.3. The predicted octanol–water partition coefficient (Wildman–Crippen LogP) is 4.56. The van der Waals surface area contributed by atoms with E-state index < -0.39 is 17.6 Å². The van der Waals surface area contributed by atoms with Crippen molar-refractivity contribution in [3.05, 3.63) is 44.8 Å². The molecule has 2 N–H and O–H groups in total. The monoisotopic (exact) mass is 477 g/mol. The van der Waals surface area contributed by atoms with Crippen LogP contribution in [0.4, 0.5) is 13.2 Å². The first-order valence-corrected chi connectivity index (χ1v) is 10.3. The van der Waals surface area contributed by atoms with Crippen LogP contribution >= 0.6 is 46.9 Å². The van der Waals surface area contributed by atoms with Crippen molar-refractivity contribution >= 4 is 69.1 Å². The fourth-order valence-electron chi connectivity index (χ4n) is 2.39. The lowest BCUT2D eigenvalue weighted by Gasteiger charge is -2.12. The van der Waals surface area contributed by atoms with Gasteiger partial charge < -0.3 is 5.73 Å². The van der Waals surface area contributed by atoms with E-state index in [9.17, 15) is 22.8 Å². The van der Waals surface area contributed by atoms with E-state index in [-0.39, 0.29) is 34.5 Å². The number of benzene rings is 1. The van der Waals surface area contributed by atoms with Crippen molar-refractivity contribution in [1.82, 2.24) is 9.88 Å². The minimum Gasteiger partial charge on any atom is -0.370 e. The Bertz CT molecular complexity index is 1040. The number of thiazole rings is 1. The summed E-state index contributed by atoms with van der Waals surface area (Å²) >= 11 is 13.3. The summed E-state index contributed by atoms with van der Waals surface area (Å²) in [6.45, 7) is 0.0884. The highest BCUT2D eigenvalue weighted by Crippen LogP contribution is 2.39. The largest absolute Gasteiger partial charge is 0.416 e. The zero-order chi connectivity index (χ0) is 21.3. The first-order valence-electron chi connectivity index (χ1n) is 7.93. The normalized spacial score (nSPS) is 16.1. The standard InChI is InChI=1S/C17H11ClF3N3O2S3/c18-11-2-1-8(17(19,20)21)5-10(11)14-23-7-9(28-14)6-12-15(26)24(16(27)29-12)4-3-13(22)25/h1-2,5-7H,3-4H2,(H2,22,25). The van der Waals surface area contributed by atoms with Crippen LogP contribution in [0.2, 0.25) is 5.02 Å². The van der Waals surface area contributed by atoms with Crippen molar-refractivity contribution in [1.29, 1.82) is 0 Å². The van der Waals surface area contributed by atoms with Crippen molar-refractivity contribution in [2.45, 2.75) is 12.6 Å². The first kappa shape index (κ1) is 21.8. The van der Waals surface area contributed by atoms with Crippen molar-refractivity contribution in [2.24, 2.45) is 5.73 Å². The Morgan fingerprint density at radius 3 is 2.76 bits per heavy atom. The smallest absolute Gasteiger partial charge is 0.370 e. The quantitative estimate of drug-likeness (QED) is 0.504. The molecule has 12 heteroatoms. The molecule has 3 rings (SSSR count). The summed E-state index contributed by atoms with van der Waals surface area (Å²) in [6, 6.07) is 3.01. The molecule has 0 spiro atoms. The van der Waals surface area contributed by atoms with Crippen molar-refractivity contribution in [3.63, 3.8) is 0 Å². The Labute approximate surface area is 181 Å². The van der Waals surface area contributed by atoms with Crippen molar-refractivity contribution < 1.29 is 22.8 Å². The second-order valence-corrected chi connectivity index (χ2v) is 8.96. The number of aromatic nitrogens is 1. The van der Waals surface area contributed by atoms with Crippen molar-refractivity contribution in [2.75, 3.05) is 6.54 Å². The van der Waals surface area contributed by atoms with E-state index in [0.29, 0.717) is 14.1 Å². The van der Waals surface area contributed by atoms with E-state index in [4.69, 9.17) is 29.6 Å². The molecule has 2 amide bonds. The Morgan fingerprint density at radius 1 is 1.38 bits per heavy atom. The number of thioether (sulfide) groups is 1. The Hall–Kier alpha value is -1.95. The second-order valence-electron chi connectivity index (χ2n) is 5.81. The minimum absolute atomic E-state index is 0.0154. The molecule has 1 saturated heterocycles. The molecule has 0 unspecified atom stereocenters. The fraction of sp³-hybridized carbons (Fsp3) is 0.176. The fourth-order valence-corrected chi connectivity index (χ4v) is 4.91. The number of nitrogens with two attached hydrogens (primary N) is 1. The van der Waals surface area contributed by atoms with Gasteiger partial charge in [0.15, 0.2) is 0 Å². The summed E-state index contributed by atoms with van der Waals surface area (Å²) in [5.41, 5.74) is 4.42. The highest BCUT2D eigenvalue weighted by Gasteiger charge is 2.33. The molecule has 0 saturated carbocycles. The molecule has 0 bridgehead atoms. The van der Waals surface area contributed by atoms with Gasteiger partial charge in [-0.1, -0.05) is 35.6 Å². The summed E-state index contributed by atoms with van der Waals surface area (Å²) < 4.78 is 39.2.